The summed E-state index contributed by atoms with van der Waals surface area (Å²) >= 11 is 1.81. The maximum absolute atomic E-state index is 6.39. The van der Waals surface area contributed by atoms with Crippen molar-refractivity contribution >= 4 is 20.1 Å². The Morgan fingerprint density at radius 2 is 2.00 bits per heavy atom. The molecule has 2 aliphatic rings. The third-order valence-electron chi connectivity index (χ3n) is 5.06. The van der Waals surface area contributed by atoms with Crippen LogP contribution < -0.4 is 0 Å². The van der Waals surface area contributed by atoms with Gasteiger partial charge in [0.25, 0.3) is 0 Å². The Labute approximate surface area is 151 Å². The number of hydrogen-bond donors (Lipinski definition) is 0. The average Bonchev–Trinajstić information content (AvgIpc) is 2.98. The predicted octanol–water partition coefficient (Wildman–Crippen LogP) is 5.48. The SMILES string of the molecule is C=C(C)[C@]12CC[C@H](C)[C@H]1C(Sc1ccccc1)ON2O[Si](C)(C)C. The van der Waals surface area contributed by atoms with Crippen LogP contribution in [0.1, 0.15) is 26.7 Å². The second-order valence-electron chi connectivity index (χ2n) is 8.11. The summed E-state index contributed by atoms with van der Waals surface area (Å²) < 4.78 is 6.37. The molecule has 24 heavy (non-hydrogen) atoms. The fourth-order valence-electron chi connectivity index (χ4n) is 3.96. The van der Waals surface area contributed by atoms with Gasteiger partial charge in [0.1, 0.15) is 5.44 Å². The molecule has 3 nitrogen and oxygen atoms in total. The molecule has 0 spiro atoms. The maximum atomic E-state index is 6.39. The van der Waals surface area contributed by atoms with Crippen molar-refractivity contribution in [3.63, 3.8) is 0 Å². The fraction of sp³-hybridized carbons (Fsp3) is 0.579. The number of rotatable bonds is 5. The van der Waals surface area contributed by atoms with Gasteiger partial charge >= 0.3 is 0 Å². The van der Waals surface area contributed by atoms with Gasteiger partial charge in [-0.2, -0.15) is 0 Å². The summed E-state index contributed by atoms with van der Waals surface area (Å²) in [5.41, 5.74) is 1.04. The van der Waals surface area contributed by atoms with Gasteiger partial charge in [0.05, 0.1) is 5.54 Å². The summed E-state index contributed by atoms with van der Waals surface area (Å²) in [6.45, 7) is 15.4. The molecule has 3 rings (SSSR count). The maximum Gasteiger partial charge on any atom is 0.215 e. The summed E-state index contributed by atoms with van der Waals surface area (Å²) in [4.78, 5) is 7.63. The van der Waals surface area contributed by atoms with E-state index in [2.05, 4.69) is 70.4 Å². The summed E-state index contributed by atoms with van der Waals surface area (Å²) in [7, 11) is -1.77. The van der Waals surface area contributed by atoms with Crippen molar-refractivity contribution in [1.29, 1.82) is 0 Å². The zero-order chi connectivity index (χ0) is 17.5. The van der Waals surface area contributed by atoms with E-state index in [4.69, 9.17) is 9.36 Å². The van der Waals surface area contributed by atoms with Gasteiger partial charge in [-0.3, -0.25) is 4.84 Å². The molecule has 1 aliphatic heterocycles. The van der Waals surface area contributed by atoms with Crippen LogP contribution in [0.5, 0.6) is 0 Å². The second-order valence-corrected chi connectivity index (χ2v) is 13.7. The minimum atomic E-state index is -1.77. The topological polar surface area (TPSA) is 21.7 Å². The van der Waals surface area contributed by atoms with Crippen molar-refractivity contribution < 1.29 is 9.36 Å². The fourth-order valence-corrected chi connectivity index (χ4v) is 6.01. The summed E-state index contributed by atoms with van der Waals surface area (Å²) in [5.74, 6) is 0.995. The van der Waals surface area contributed by atoms with Crippen LogP contribution in [0.3, 0.4) is 0 Å². The Morgan fingerprint density at radius 3 is 2.58 bits per heavy atom. The molecule has 4 atom stereocenters. The van der Waals surface area contributed by atoms with Crippen LogP contribution in [0.2, 0.25) is 19.6 Å². The monoisotopic (exact) mass is 363 g/mol. The largest absolute Gasteiger partial charge is 0.320 e. The highest BCUT2D eigenvalue weighted by molar-refractivity contribution is 7.99. The van der Waals surface area contributed by atoms with Gasteiger partial charge in [0, 0.05) is 10.8 Å². The van der Waals surface area contributed by atoms with Crippen molar-refractivity contribution in [1.82, 2.24) is 5.23 Å². The molecule has 1 saturated carbocycles. The molecule has 1 aromatic carbocycles. The minimum Gasteiger partial charge on any atom is -0.320 e. The van der Waals surface area contributed by atoms with E-state index in [0.717, 1.165) is 12.0 Å². The normalized spacial score (nSPS) is 33.6. The number of thioether (sulfide) groups is 1. The lowest BCUT2D eigenvalue weighted by Gasteiger charge is -2.39. The van der Waals surface area contributed by atoms with Gasteiger partial charge in [-0.15, -0.1) is 0 Å². The first kappa shape index (κ1) is 18.2. The van der Waals surface area contributed by atoms with E-state index in [1.54, 1.807) is 0 Å². The molecule has 0 aromatic heterocycles. The Kier molecular flexibility index (Phi) is 5.02. The molecule has 2 fully saturated rings. The van der Waals surface area contributed by atoms with Crippen molar-refractivity contribution in [2.45, 2.75) is 62.2 Å². The molecule has 1 aromatic rings. The predicted molar refractivity (Wildman–Crippen MR) is 103 cm³/mol. The molecule has 1 unspecified atom stereocenters. The van der Waals surface area contributed by atoms with E-state index in [9.17, 15) is 0 Å². The van der Waals surface area contributed by atoms with Gasteiger partial charge in [-0.25, -0.2) is 0 Å². The highest BCUT2D eigenvalue weighted by Gasteiger charge is 2.62. The molecular weight excluding hydrogens is 334 g/mol. The highest BCUT2D eigenvalue weighted by Crippen LogP contribution is 2.58. The van der Waals surface area contributed by atoms with Crippen LogP contribution in [-0.4, -0.2) is 24.5 Å². The minimum absolute atomic E-state index is 0.0675. The van der Waals surface area contributed by atoms with Crippen molar-refractivity contribution in [3.8, 4) is 0 Å². The van der Waals surface area contributed by atoms with Crippen LogP contribution in [-0.2, 0) is 9.36 Å². The van der Waals surface area contributed by atoms with Crippen LogP contribution in [0.4, 0.5) is 0 Å². The highest BCUT2D eigenvalue weighted by atomic mass is 32.2. The molecule has 1 saturated heterocycles. The molecule has 1 heterocycles. The van der Waals surface area contributed by atoms with E-state index >= 15 is 0 Å². The molecular formula is C19H29NO2SSi. The summed E-state index contributed by atoms with van der Waals surface area (Å²) in [6, 6.07) is 10.5. The third kappa shape index (κ3) is 3.25. The van der Waals surface area contributed by atoms with Crippen molar-refractivity contribution in [2.75, 3.05) is 0 Å². The van der Waals surface area contributed by atoms with E-state index in [1.807, 2.05) is 17.0 Å². The third-order valence-corrected chi connectivity index (χ3v) is 6.92. The first-order chi connectivity index (χ1) is 11.2. The number of fused-ring (bicyclic) bond motifs is 1. The zero-order valence-electron chi connectivity index (χ0n) is 15.4. The Bertz CT molecular complexity index is 603. The lowest BCUT2D eigenvalue weighted by atomic mass is 9.80. The zero-order valence-corrected chi connectivity index (χ0v) is 17.2. The average molecular weight is 364 g/mol. The molecule has 1 aliphatic carbocycles. The second kappa shape index (κ2) is 6.61. The molecule has 0 N–H and O–H groups in total. The van der Waals surface area contributed by atoms with Crippen LogP contribution in [0, 0.1) is 11.8 Å². The first-order valence-electron chi connectivity index (χ1n) is 8.78. The van der Waals surface area contributed by atoms with Crippen molar-refractivity contribution in [3.05, 3.63) is 42.5 Å². The van der Waals surface area contributed by atoms with Gasteiger partial charge in [0.15, 0.2) is 0 Å². The van der Waals surface area contributed by atoms with Gasteiger partial charge in [-0.05, 0) is 57.5 Å². The molecule has 5 heteroatoms. The smallest absolute Gasteiger partial charge is 0.215 e. The Morgan fingerprint density at radius 1 is 1.33 bits per heavy atom. The van der Waals surface area contributed by atoms with E-state index in [1.165, 1.54) is 11.3 Å². The first-order valence-corrected chi connectivity index (χ1v) is 13.1. The van der Waals surface area contributed by atoms with Gasteiger partial charge < -0.3 is 4.53 Å². The van der Waals surface area contributed by atoms with Crippen LogP contribution >= 0.6 is 11.8 Å². The lowest BCUT2D eigenvalue weighted by molar-refractivity contribution is -0.333. The van der Waals surface area contributed by atoms with Crippen LogP contribution in [0.15, 0.2) is 47.4 Å². The number of benzene rings is 1. The van der Waals surface area contributed by atoms with E-state index in [0.29, 0.717) is 11.8 Å². The van der Waals surface area contributed by atoms with E-state index < -0.39 is 8.32 Å². The molecule has 0 amide bonds. The van der Waals surface area contributed by atoms with Crippen LogP contribution in [0.25, 0.3) is 0 Å². The quantitative estimate of drug-likeness (QED) is 0.510. The number of nitrogens with zero attached hydrogens (tertiary/aromatic N) is 1. The van der Waals surface area contributed by atoms with Crippen molar-refractivity contribution in [2.24, 2.45) is 11.8 Å². The molecule has 0 bridgehead atoms. The summed E-state index contributed by atoms with van der Waals surface area (Å²) in [6.07, 6.45) is 2.25. The number of hydroxylamine groups is 2. The summed E-state index contributed by atoms with van der Waals surface area (Å²) in [5, 5.41) is 1.86. The standard InChI is InChI=1S/C19H29NO2SSi/c1-14(2)19-13-12-15(3)17(19)18(21-20(19)22-24(4,5)6)23-16-10-8-7-9-11-16/h7-11,15,17-18H,1,12-13H2,2-6H3/t15-,17-,18?,19+/m0/s1. The van der Waals surface area contributed by atoms with Gasteiger partial charge in [-0.1, -0.05) is 54.3 Å². The van der Waals surface area contributed by atoms with Gasteiger partial charge in [0.2, 0.25) is 8.32 Å². The Balaban J connectivity index is 1.93. The Hall–Kier alpha value is -0.593. The molecule has 0 radical (unpaired) electrons. The number of hydrogen-bond acceptors (Lipinski definition) is 4. The lowest BCUT2D eigenvalue weighted by Crippen LogP contribution is -2.50. The molecule has 132 valence electrons. The van der Waals surface area contributed by atoms with E-state index in [-0.39, 0.29) is 11.0 Å².